The van der Waals surface area contributed by atoms with Crippen molar-refractivity contribution in [2.45, 2.75) is 27.2 Å². The molecule has 1 N–H and O–H groups in total. The molecule has 5 heteroatoms. The molecule has 0 aliphatic heterocycles. The standard InChI is InChI=1S/C9H15N3OS/c1-4-7-8(14-12-11-7)9(13)10-5-6(2)3/h6H,4-5H2,1-3H3,(H,10,13). The van der Waals surface area contributed by atoms with Gasteiger partial charge in [0.05, 0.1) is 5.69 Å². The molecule has 0 atom stereocenters. The summed E-state index contributed by atoms with van der Waals surface area (Å²) in [4.78, 5) is 12.3. The van der Waals surface area contributed by atoms with Gasteiger partial charge in [-0.2, -0.15) is 0 Å². The van der Waals surface area contributed by atoms with Crippen LogP contribution in [0.25, 0.3) is 0 Å². The maximum Gasteiger partial charge on any atom is 0.264 e. The topological polar surface area (TPSA) is 54.9 Å². The van der Waals surface area contributed by atoms with Gasteiger partial charge in [-0.05, 0) is 23.9 Å². The highest BCUT2D eigenvalue weighted by atomic mass is 32.1. The van der Waals surface area contributed by atoms with Crippen LogP contribution in [0.1, 0.15) is 36.1 Å². The fraction of sp³-hybridized carbons (Fsp3) is 0.667. The van der Waals surface area contributed by atoms with E-state index in [9.17, 15) is 4.79 Å². The third-order valence-electron chi connectivity index (χ3n) is 1.77. The Morgan fingerprint density at radius 3 is 2.86 bits per heavy atom. The Bertz CT molecular complexity index is 309. The summed E-state index contributed by atoms with van der Waals surface area (Å²) in [6, 6.07) is 0. The predicted molar refractivity (Wildman–Crippen MR) is 56.5 cm³/mol. The Labute approximate surface area is 87.9 Å². The van der Waals surface area contributed by atoms with Crippen molar-refractivity contribution < 1.29 is 4.79 Å². The maximum absolute atomic E-state index is 11.6. The lowest BCUT2D eigenvalue weighted by atomic mass is 10.2. The lowest BCUT2D eigenvalue weighted by Crippen LogP contribution is -2.27. The van der Waals surface area contributed by atoms with E-state index in [1.165, 1.54) is 0 Å². The zero-order chi connectivity index (χ0) is 10.6. The van der Waals surface area contributed by atoms with E-state index in [1.807, 2.05) is 6.92 Å². The molecule has 1 aromatic heterocycles. The summed E-state index contributed by atoms with van der Waals surface area (Å²) in [6.45, 7) is 6.79. The highest BCUT2D eigenvalue weighted by Gasteiger charge is 2.14. The first-order chi connectivity index (χ1) is 6.65. The number of amides is 1. The van der Waals surface area contributed by atoms with Crippen LogP contribution in [0.5, 0.6) is 0 Å². The third kappa shape index (κ3) is 2.77. The van der Waals surface area contributed by atoms with Crippen molar-refractivity contribution in [2.24, 2.45) is 5.92 Å². The largest absolute Gasteiger partial charge is 0.351 e. The van der Waals surface area contributed by atoms with Crippen molar-refractivity contribution in [1.82, 2.24) is 14.9 Å². The van der Waals surface area contributed by atoms with E-state index in [2.05, 4.69) is 28.8 Å². The van der Waals surface area contributed by atoms with Crippen LogP contribution >= 0.6 is 11.5 Å². The lowest BCUT2D eigenvalue weighted by molar-refractivity contribution is 0.0952. The van der Waals surface area contributed by atoms with E-state index in [0.717, 1.165) is 23.6 Å². The Balaban J connectivity index is 2.60. The fourth-order valence-electron chi connectivity index (χ4n) is 0.989. The van der Waals surface area contributed by atoms with Gasteiger partial charge in [0.1, 0.15) is 4.88 Å². The van der Waals surface area contributed by atoms with E-state index in [1.54, 1.807) is 0 Å². The first-order valence-corrected chi connectivity index (χ1v) is 5.51. The average molecular weight is 213 g/mol. The Morgan fingerprint density at radius 2 is 2.29 bits per heavy atom. The van der Waals surface area contributed by atoms with E-state index in [0.29, 0.717) is 17.3 Å². The quantitative estimate of drug-likeness (QED) is 0.824. The number of hydrogen-bond acceptors (Lipinski definition) is 4. The summed E-state index contributed by atoms with van der Waals surface area (Å²) >= 11 is 1.16. The normalized spacial score (nSPS) is 10.6. The summed E-state index contributed by atoms with van der Waals surface area (Å²) in [5.41, 5.74) is 0.788. The van der Waals surface area contributed by atoms with E-state index in [-0.39, 0.29) is 5.91 Å². The minimum atomic E-state index is -0.0504. The second-order valence-electron chi connectivity index (χ2n) is 3.51. The molecule has 0 fully saturated rings. The van der Waals surface area contributed by atoms with Gasteiger partial charge in [-0.1, -0.05) is 25.3 Å². The summed E-state index contributed by atoms with van der Waals surface area (Å²) in [5, 5.41) is 6.74. The zero-order valence-corrected chi connectivity index (χ0v) is 9.52. The molecule has 1 heterocycles. The molecule has 0 aromatic carbocycles. The number of nitrogens with zero attached hydrogens (tertiary/aromatic N) is 2. The van der Waals surface area contributed by atoms with E-state index in [4.69, 9.17) is 0 Å². The van der Waals surface area contributed by atoms with E-state index < -0.39 is 0 Å². The summed E-state index contributed by atoms with van der Waals surface area (Å²) in [6.07, 6.45) is 0.751. The monoisotopic (exact) mass is 213 g/mol. The molecule has 0 saturated heterocycles. The SMILES string of the molecule is CCc1nnsc1C(=O)NCC(C)C. The summed E-state index contributed by atoms with van der Waals surface area (Å²) in [7, 11) is 0. The Kier molecular flexibility index (Phi) is 4.00. The second-order valence-corrected chi connectivity index (χ2v) is 4.26. The van der Waals surface area contributed by atoms with Crippen LogP contribution in [0.4, 0.5) is 0 Å². The van der Waals surface area contributed by atoms with Gasteiger partial charge in [0.25, 0.3) is 5.91 Å². The minimum absolute atomic E-state index is 0.0504. The van der Waals surface area contributed by atoms with Gasteiger partial charge in [0.2, 0.25) is 0 Å². The van der Waals surface area contributed by atoms with Gasteiger partial charge in [-0.15, -0.1) is 5.10 Å². The van der Waals surface area contributed by atoms with E-state index >= 15 is 0 Å². The van der Waals surface area contributed by atoms with Crippen molar-refractivity contribution in [3.8, 4) is 0 Å². The van der Waals surface area contributed by atoms with Gasteiger partial charge in [-0.25, -0.2) is 0 Å². The van der Waals surface area contributed by atoms with Gasteiger partial charge < -0.3 is 5.32 Å². The van der Waals surface area contributed by atoms with Gasteiger partial charge in [-0.3, -0.25) is 4.79 Å². The smallest absolute Gasteiger partial charge is 0.264 e. The average Bonchev–Trinajstić information content (AvgIpc) is 2.61. The number of nitrogens with one attached hydrogen (secondary N) is 1. The van der Waals surface area contributed by atoms with Gasteiger partial charge in [0.15, 0.2) is 0 Å². The highest BCUT2D eigenvalue weighted by molar-refractivity contribution is 7.08. The molecule has 0 saturated carbocycles. The number of aromatic nitrogens is 2. The van der Waals surface area contributed by atoms with Crippen LogP contribution in [-0.2, 0) is 6.42 Å². The van der Waals surface area contributed by atoms with Crippen LogP contribution in [-0.4, -0.2) is 22.0 Å². The number of rotatable bonds is 4. The van der Waals surface area contributed by atoms with Crippen molar-refractivity contribution in [3.63, 3.8) is 0 Å². The van der Waals surface area contributed by atoms with Crippen LogP contribution in [0.15, 0.2) is 0 Å². The van der Waals surface area contributed by atoms with Crippen molar-refractivity contribution in [3.05, 3.63) is 10.6 Å². The molecule has 0 aliphatic rings. The van der Waals surface area contributed by atoms with Crippen LogP contribution in [0.3, 0.4) is 0 Å². The molecule has 0 bridgehead atoms. The van der Waals surface area contributed by atoms with Crippen LogP contribution in [0.2, 0.25) is 0 Å². The molecule has 1 amide bonds. The molecule has 1 aromatic rings. The Morgan fingerprint density at radius 1 is 1.57 bits per heavy atom. The number of carbonyl (C=O) groups excluding carboxylic acids is 1. The zero-order valence-electron chi connectivity index (χ0n) is 8.70. The number of hydrogen-bond donors (Lipinski definition) is 1. The third-order valence-corrected chi connectivity index (χ3v) is 2.53. The maximum atomic E-state index is 11.6. The highest BCUT2D eigenvalue weighted by Crippen LogP contribution is 2.10. The molecule has 0 spiro atoms. The Hall–Kier alpha value is -0.970. The first-order valence-electron chi connectivity index (χ1n) is 4.74. The van der Waals surface area contributed by atoms with Gasteiger partial charge >= 0.3 is 0 Å². The molecule has 78 valence electrons. The summed E-state index contributed by atoms with van der Waals surface area (Å²) < 4.78 is 3.77. The molecular weight excluding hydrogens is 198 g/mol. The van der Waals surface area contributed by atoms with Crippen LogP contribution in [0, 0.1) is 5.92 Å². The molecular formula is C9H15N3OS. The molecule has 4 nitrogen and oxygen atoms in total. The molecule has 0 radical (unpaired) electrons. The fourth-order valence-corrected chi connectivity index (χ4v) is 1.66. The number of aryl methyl sites for hydroxylation is 1. The summed E-state index contributed by atoms with van der Waals surface area (Å²) in [5.74, 6) is 0.412. The van der Waals surface area contributed by atoms with Gasteiger partial charge in [0, 0.05) is 6.54 Å². The van der Waals surface area contributed by atoms with Crippen molar-refractivity contribution in [2.75, 3.05) is 6.54 Å². The molecule has 1 rings (SSSR count). The van der Waals surface area contributed by atoms with Crippen molar-refractivity contribution >= 4 is 17.4 Å². The predicted octanol–water partition coefficient (Wildman–Crippen LogP) is 1.49. The minimum Gasteiger partial charge on any atom is -0.351 e. The molecule has 14 heavy (non-hydrogen) atoms. The lowest BCUT2D eigenvalue weighted by Gasteiger charge is -2.05. The van der Waals surface area contributed by atoms with Crippen LogP contribution < -0.4 is 5.32 Å². The molecule has 0 unspecified atom stereocenters. The first kappa shape index (κ1) is 11.1. The second kappa shape index (κ2) is 5.05. The molecule has 0 aliphatic carbocycles. The van der Waals surface area contributed by atoms with Crippen molar-refractivity contribution in [1.29, 1.82) is 0 Å². The number of carbonyl (C=O) groups is 1.